The molecular weight excluding hydrogens is 360 g/mol. The predicted octanol–water partition coefficient (Wildman–Crippen LogP) is 0.745. The Bertz CT molecular complexity index is 639. The zero-order valence-corrected chi connectivity index (χ0v) is 16.0. The van der Waals surface area contributed by atoms with Crippen LogP contribution in [0.4, 0.5) is 0 Å². The SMILES string of the molecule is CC(C)C(=O)ON1C(=O)CC(C)C1=O.CC(C)C(=O)ON1C(=O)CCC1=O. The Morgan fingerprint density at radius 1 is 0.815 bits per heavy atom. The second-order valence-corrected chi connectivity index (χ2v) is 6.84. The Morgan fingerprint density at radius 2 is 1.22 bits per heavy atom. The standard InChI is InChI=1S/C9H13NO4.C8H11NO4/c1-5(2)9(13)14-10-7(11)4-6(3)8(10)12;1-5(2)8(12)13-9-6(10)3-4-7(9)11/h5-6H,4H2,1-3H3;5H,3-4H2,1-2H3. The third kappa shape index (κ3) is 5.87. The fraction of sp³-hybridized carbons (Fsp3) is 0.647. The molecule has 1 atom stereocenters. The summed E-state index contributed by atoms with van der Waals surface area (Å²) < 4.78 is 0. The van der Waals surface area contributed by atoms with Crippen molar-refractivity contribution in [3.63, 3.8) is 0 Å². The zero-order chi connectivity index (χ0) is 20.9. The van der Waals surface area contributed by atoms with Crippen LogP contribution in [0.15, 0.2) is 0 Å². The fourth-order valence-corrected chi connectivity index (χ4v) is 1.90. The topological polar surface area (TPSA) is 127 Å². The third-order valence-electron chi connectivity index (χ3n) is 3.64. The zero-order valence-electron chi connectivity index (χ0n) is 16.0. The van der Waals surface area contributed by atoms with Crippen LogP contribution in [-0.4, -0.2) is 45.7 Å². The molecule has 10 nitrogen and oxygen atoms in total. The summed E-state index contributed by atoms with van der Waals surface area (Å²) in [5.41, 5.74) is 0. The van der Waals surface area contributed by atoms with Gasteiger partial charge in [0, 0.05) is 25.2 Å². The molecular formula is C17H24N2O8. The summed E-state index contributed by atoms with van der Waals surface area (Å²) in [6, 6.07) is 0. The average molecular weight is 384 g/mol. The fourth-order valence-electron chi connectivity index (χ4n) is 1.90. The summed E-state index contributed by atoms with van der Waals surface area (Å²) in [7, 11) is 0. The summed E-state index contributed by atoms with van der Waals surface area (Å²) in [6.07, 6.45) is 0.374. The molecule has 0 aliphatic carbocycles. The normalized spacial score (nSPS) is 19.6. The molecule has 0 aromatic carbocycles. The number of rotatable bonds is 4. The lowest BCUT2D eigenvalue weighted by Crippen LogP contribution is -2.34. The maximum atomic E-state index is 11.3. The van der Waals surface area contributed by atoms with Crippen LogP contribution in [0.5, 0.6) is 0 Å². The molecule has 2 fully saturated rings. The van der Waals surface area contributed by atoms with Crippen molar-refractivity contribution in [1.82, 2.24) is 10.1 Å². The maximum Gasteiger partial charge on any atom is 0.335 e. The van der Waals surface area contributed by atoms with Crippen LogP contribution in [0.2, 0.25) is 0 Å². The van der Waals surface area contributed by atoms with Crippen molar-refractivity contribution in [3.8, 4) is 0 Å². The summed E-state index contributed by atoms with van der Waals surface area (Å²) >= 11 is 0. The van der Waals surface area contributed by atoms with Crippen molar-refractivity contribution < 1.29 is 38.4 Å². The summed E-state index contributed by atoms with van der Waals surface area (Å²) in [6.45, 7) is 8.16. The van der Waals surface area contributed by atoms with E-state index in [1.807, 2.05) is 0 Å². The summed E-state index contributed by atoms with van der Waals surface area (Å²) in [5.74, 6) is -4.00. The average Bonchev–Trinajstić information content (AvgIpc) is 3.02. The molecule has 0 saturated carbocycles. The van der Waals surface area contributed by atoms with Crippen molar-refractivity contribution in [1.29, 1.82) is 0 Å². The van der Waals surface area contributed by atoms with Crippen LogP contribution in [-0.2, 0) is 38.4 Å². The van der Waals surface area contributed by atoms with E-state index < -0.39 is 35.6 Å². The van der Waals surface area contributed by atoms with Crippen LogP contribution in [0.1, 0.15) is 53.9 Å². The lowest BCUT2D eigenvalue weighted by atomic mass is 10.1. The van der Waals surface area contributed by atoms with E-state index in [2.05, 4.69) is 9.68 Å². The third-order valence-corrected chi connectivity index (χ3v) is 3.64. The van der Waals surface area contributed by atoms with Crippen molar-refractivity contribution in [2.24, 2.45) is 17.8 Å². The van der Waals surface area contributed by atoms with Gasteiger partial charge in [-0.05, 0) is 0 Å². The lowest BCUT2D eigenvalue weighted by molar-refractivity contribution is -0.200. The maximum absolute atomic E-state index is 11.3. The molecule has 2 saturated heterocycles. The second kappa shape index (κ2) is 9.24. The number of carbonyl (C=O) groups is 6. The van der Waals surface area contributed by atoms with E-state index in [-0.39, 0.29) is 37.0 Å². The van der Waals surface area contributed by atoms with Crippen molar-refractivity contribution in [2.45, 2.75) is 53.9 Å². The predicted molar refractivity (Wildman–Crippen MR) is 88.6 cm³/mol. The van der Waals surface area contributed by atoms with Crippen molar-refractivity contribution in [2.75, 3.05) is 0 Å². The summed E-state index contributed by atoms with van der Waals surface area (Å²) in [5, 5.41) is 1.13. The van der Waals surface area contributed by atoms with Gasteiger partial charge in [-0.1, -0.05) is 34.6 Å². The molecule has 2 heterocycles. The summed E-state index contributed by atoms with van der Waals surface area (Å²) in [4.78, 5) is 75.8. The van der Waals surface area contributed by atoms with Gasteiger partial charge in [0.25, 0.3) is 23.6 Å². The highest BCUT2D eigenvalue weighted by Gasteiger charge is 2.39. The van der Waals surface area contributed by atoms with Crippen molar-refractivity contribution >= 4 is 35.6 Å². The first-order valence-electron chi connectivity index (χ1n) is 8.61. The molecule has 0 aromatic heterocycles. The minimum absolute atomic E-state index is 0.115. The highest BCUT2D eigenvalue weighted by Crippen LogP contribution is 2.19. The molecule has 0 aromatic rings. The molecule has 4 amide bonds. The number of hydrogen-bond acceptors (Lipinski definition) is 8. The molecule has 0 N–H and O–H groups in total. The number of amides is 4. The van der Waals surface area contributed by atoms with Gasteiger partial charge in [0.1, 0.15) is 0 Å². The first-order valence-corrected chi connectivity index (χ1v) is 8.61. The Hall–Kier alpha value is -2.78. The van der Waals surface area contributed by atoms with Gasteiger partial charge in [-0.2, -0.15) is 0 Å². The highest BCUT2D eigenvalue weighted by atomic mass is 16.7. The van der Waals surface area contributed by atoms with Gasteiger partial charge < -0.3 is 9.68 Å². The molecule has 0 radical (unpaired) electrons. The van der Waals surface area contributed by atoms with Crippen LogP contribution >= 0.6 is 0 Å². The van der Waals surface area contributed by atoms with Crippen LogP contribution in [0, 0.1) is 17.8 Å². The lowest BCUT2D eigenvalue weighted by Gasteiger charge is -2.14. The second-order valence-electron chi connectivity index (χ2n) is 6.84. The Morgan fingerprint density at radius 3 is 1.56 bits per heavy atom. The molecule has 10 heteroatoms. The number of hydroxylamine groups is 4. The van der Waals surface area contributed by atoms with Gasteiger partial charge in [0.2, 0.25) is 0 Å². The van der Waals surface area contributed by atoms with Gasteiger partial charge in [0.15, 0.2) is 0 Å². The van der Waals surface area contributed by atoms with Gasteiger partial charge in [0.05, 0.1) is 11.8 Å². The first kappa shape index (κ1) is 22.3. The van der Waals surface area contributed by atoms with E-state index in [0.29, 0.717) is 10.1 Å². The van der Waals surface area contributed by atoms with E-state index >= 15 is 0 Å². The molecule has 0 bridgehead atoms. The Kier molecular flexibility index (Phi) is 7.62. The molecule has 2 aliphatic rings. The monoisotopic (exact) mass is 384 g/mol. The molecule has 27 heavy (non-hydrogen) atoms. The minimum atomic E-state index is -0.569. The number of imide groups is 2. The molecule has 2 rings (SSSR count). The first-order chi connectivity index (χ1) is 12.5. The van der Waals surface area contributed by atoms with Crippen LogP contribution in [0.25, 0.3) is 0 Å². The van der Waals surface area contributed by atoms with Crippen LogP contribution < -0.4 is 0 Å². The quantitative estimate of drug-likeness (QED) is 0.650. The van der Waals surface area contributed by atoms with Gasteiger partial charge in [-0.25, -0.2) is 9.59 Å². The molecule has 2 aliphatic heterocycles. The number of carbonyl (C=O) groups excluding carboxylic acids is 6. The molecule has 0 spiro atoms. The van der Waals surface area contributed by atoms with E-state index in [9.17, 15) is 28.8 Å². The Labute approximate surface area is 156 Å². The van der Waals surface area contributed by atoms with E-state index in [1.165, 1.54) is 0 Å². The van der Waals surface area contributed by atoms with E-state index in [1.54, 1.807) is 34.6 Å². The molecule has 150 valence electrons. The van der Waals surface area contributed by atoms with Gasteiger partial charge >= 0.3 is 11.9 Å². The van der Waals surface area contributed by atoms with Gasteiger partial charge in [-0.3, -0.25) is 19.2 Å². The highest BCUT2D eigenvalue weighted by molar-refractivity contribution is 6.03. The Balaban J connectivity index is 0.000000271. The number of nitrogens with zero attached hydrogens (tertiary/aromatic N) is 2. The number of hydrogen-bond donors (Lipinski definition) is 0. The van der Waals surface area contributed by atoms with Crippen molar-refractivity contribution in [3.05, 3.63) is 0 Å². The minimum Gasteiger partial charge on any atom is -0.330 e. The van der Waals surface area contributed by atoms with Gasteiger partial charge in [-0.15, -0.1) is 10.1 Å². The largest absolute Gasteiger partial charge is 0.335 e. The van der Waals surface area contributed by atoms with E-state index in [4.69, 9.17) is 0 Å². The smallest absolute Gasteiger partial charge is 0.330 e. The van der Waals surface area contributed by atoms with Crippen LogP contribution in [0.3, 0.4) is 0 Å². The molecule has 1 unspecified atom stereocenters. The van der Waals surface area contributed by atoms with E-state index in [0.717, 1.165) is 0 Å².